The molecule has 0 saturated carbocycles. The van der Waals surface area contributed by atoms with Crippen molar-refractivity contribution in [2.24, 2.45) is 0 Å². The summed E-state index contributed by atoms with van der Waals surface area (Å²) in [4.78, 5) is 20.4. The highest BCUT2D eigenvalue weighted by molar-refractivity contribution is 7.92. The molecule has 0 radical (unpaired) electrons. The number of para-hydroxylation sites is 2. The topological polar surface area (TPSA) is 104 Å². The summed E-state index contributed by atoms with van der Waals surface area (Å²) in [6, 6.07) is 17.2. The third-order valence-electron chi connectivity index (χ3n) is 5.57. The van der Waals surface area contributed by atoms with Crippen LogP contribution in [0.2, 0.25) is 5.02 Å². The minimum atomic E-state index is -3.89. The van der Waals surface area contributed by atoms with Gasteiger partial charge in [-0.05, 0) is 73.9 Å². The van der Waals surface area contributed by atoms with Crippen molar-refractivity contribution in [3.63, 3.8) is 0 Å². The van der Waals surface area contributed by atoms with Gasteiger partial charge in [-0.25, -0.2) is 13.4 Å². The number of nitrogens with zero attached hydrogens (tertiary/aromatic N) is 1. The lowest BCUT2D eigenvalue weighted by molar-refractivity contribution is 0.0953. The number of H-pyrrole nitrogens is 1. The normalized spacial score (nSPS) is 11.5. The maximum Gasteiger partial charge on any atom is 0.261 e. The standard InChI is InChI=1S/C25H25ClN4O3S/c1-16-9-10-18(14-17(16)2)30-34(32,33)19-11-12-21(26)20(15-19)25(31)27-13-5-8-24-28-22-6-3-4-7-23(22)29-24/h3-4,6-7,9-12,14-15,30H,5,8,13H2,1-2H3,(H,27,31)(H,28,29). The van der Waals surface area contributed by atoms with Crippen LogP contribution in [-0.4, -0.2) is 30.8 Å². The number of aromatic nitrogens is 2. The summed E-state index contributed by atoms with van der Waals surface area (Å²) in [5, 5.41) is 2.99. The quantitative estimate of drug-likeness (QED) is 0.299. The zero-order chi connectivity index (χ0) is 24.3. The van der Waals surface area contributed by atoms with Crippen molar-refractivity contribution >= 4 is 44.3 Å². The number of imidazole rings is 1. The van der Waals surface area contributed by atoms with E-state index >= 15 is 0 Å². The number of anilines is 1. The van der Waals surface area contributed by atoms with Gasteiger partial charge >= 0.3 is 0 Å². The number of sulfonamides is 1. The highest BCUT2D eigenvalue weighted by atomic mass is 35.5. The summed E-state index contributed by atoms with van der Waals surface area (Å²) in [6.07, 6.45) is 1.33. The molecule has 0 spiro atoms. The molecule has 0 fully saturated rings. The van der Waals surface area contributed by atoms with E-state index in [1.165, 1.54) is 18.2 Å². The molecule has 0 aliphatic heterocycles. The zero-order valence-electron chi connectivity index (χ0n) is 18.9. The lowest BCUT2D eigenvalue weighted by atomic mass is 10.1. The molecule has 7 nitrogen and oxygen atoms in total. The van der Waals surface area contributed by atoms with E-state index in [9.17, 15) is 13.2 Å². The number of hydrogen-bond donors (Lipinski definition) is 3. The number of benzene rings is 3. The maximum atomic E-state index is 12.9. The number of aryl methyl sites for hydroxylation is 3. The lowest BCUT2D eigenvalue weighted by Crippen LogP contribution is -2.25. The molecule has 4 rings (SSSR count). The Hall–Kier alpha value is -3.36. The Morgan fingerprint density at radius 1 is 1.03 bits per heavy atom. The number of carbonyl (C=O) groups is 1. The highest BCUT2D eigenvalue weighted by Gasteiger charge is 2.19. The second-order valence-electron chi connectivity index (χ2n) is 8.11. The van der Waals surface area contributed by atoms with E-state index in [1.807, 2.05) is 44.2 Å². The van der Waals surface area contributed by atoms with Crippen LogP contribution in [0.15, 0.2) is 65.6 Å². The number of aromatic amines is 1. The molecule has 176 valence electrons. The zero-order valence-corrected chi connectivity index (χ0v) is 20.4. The fourth-order valence-corrected chi connectivity index (χ4v) is 4.82. The van der Waals surface area contributed by atoms with Gasteiger partial charge in [-0.1, -0.05) is 29.8 Å². The van der Waals surface area contributed by atoms with E-state index in [-0.39, 0.29) is 15.5 Å². The van der Waals surface area contributed by atoms with Crippen molar-refractivity contribution in [1.82, 2.24) is 15.3 Å². The summed E-state index contributed by atoms with van der Waals surface area (Å²) in [7, 11) is -3.89. The first kappa shape index (κ1) is 23.8. The SMILES string of the molecule is Cc1ccc(NS(=O)(=O)c2ccc(Cl)c(C(=O)NCCCc3nc4ccccc4[nH]3)c2)cc1C. The molecule has 0 aliphatic rings. The summed E-state index contributed by atoms with van der Waals surface area (Å²) in [5.74, 6) is 0.414. The lowest BCUT2D eigenvalue weighted by Gasteiger charge is -2.12. The molecule has 4 aromatic rings. The van der Waals surface area contributed by atoms with Crippen LogP contribution in [0, 0.1) is 13.8 Å². The maximum absolute atomic E-state index is 12.9. The fourth-order valence-electron chi connectivity index (χ4n) is 3.54. The number of amides is 1. The number of halogens is 1. The van der Waals surface area contributed by atoms with E-state index in [4.69, 9.17) is 11.6 Å². The molecular weight excluding hydrogens is 472 g/mol. The van der Waals surface area contributed by atoms with Gasteiger partial charge in [-0.3, -0.25) is 9.52 Å². The Balaban J connectivity index is 1.40. The van der Waals surface area contributed by atoms with E-state index in [0.717, 1.165) is 28.0 Å². The number of hydrogen-bond acceptors (Lipinski definition) is 4. The summed E-state index contributed by atoms with van der Waals surface area (Å²) < 4.78 is 28.3. The van der Waals surface area contributed by atoms with E-state index in [0.29, 0.717) is 25.1 Å². The molecular formula is C25H25ClN4O3S. The van der Waals surface area contributed by atoms with Crippen LogP contribution < -0.4 is 10.0 Å². The molecule has 0 saturated heterocycles. The first-order chi connectivity index (χ1) is 16.2. The van der Waals surface area contributed by atoms with Crippen LogP contribution in [0.4, 0.5) is 5.69 Å². The van der Waals surface area contributed by atoms with Gasteiger partial charge in [0.25, 0.3) is 15.9 Å². The number of nitrogens with one attached hydrogen (secondary N) is 3. The van der Waals surface area contributed by atoms with Crippen LogP contribution >= 0.6 is 11.6 Å². The Labute approximate surface area is 203 Å². The van der Waals surface area contributed by atoms with Gasteiger partial charge in [0.05, 0.1) is 26.5 Å². The Morgan fingerprint density at radius 2 is 1.82 bits per heavy atom. The molecule has 1 heterocycles. The molecule has 0 aliphatic carbocycles. The van der Waals surface area contributed by atoms with Gasteiger partial charge in [-0.15, -0.1) is 0 Å². The molecule has 9 heteroatoms. The largest absolute Gasteiger partial charge is 0.352 e. The fraction of sp³-hybridized carbons (Fsp3) is 0.200. The minimum Gasteiger partial charge on any atom is -0.352 e. The van der Waals surface area contributed by atoms with Crippen molar-refractivity contribution in [2.75, 3.05) is 11.3 Å². The number of carbonyl (C=O) groups excluding carboxylic acids is 1. The van der Waals surface area contributed by atoms with Gasteiger partial charge in [0, 0.05) is 18.7 Å². The molecule has 1 amide bonds. The molecule has 0 atom stereocenters. The van der Waals surface area contributed by atoms with Crippen molar-refractivity contribution in [2.45, 2.75) is 31.6 Å². The molecule has 0 bridgehead atoms. The summed E-state index contributed by atoms with van der Waals surface area (Å²) >= 11 is 6.20. The van der Waals surface area contributed by atoms with Gasteiger partial charge in [0.2, 0.25) is 0 Å². The predicted molar refractivity (Wildman–Crippen MR) is 135 cm³/mol. The van der Waals surface area contributed by atoms with Crippen molar-refractivity contribution in [3.05, 3.63) is 88.2 Å². The second-order valence-corrected chi connectivity index (χ2v) is 10.2. The second kappa shape index (κ2) is 9.87. The summed E-state index contributed by atoms with van der Waals surface area (Å²) in [6.45, 7) is 4.25. The molecule has 0 unspecified atom stereocenters. The Bertz CT molecular complexity index is 1430. The predicted octanol–water partition coefficient (Wildman–Crippen LogP) is 5.00. The van der Waals surface area contributed by atoms with Crippen LogP contribution in [0.5, 0.6) is 0 Å². The third-order valence-corrected chi connectivity index (χ3v) is 7.27. The molecule has 34 heavy (non-hydrogen) atoms. The van der Waals surface area contributed by atoms with Crippen molar-refractivity contribution in [1.29, 1.82) is 0 Å². The van der Waals surface area contributed by atoms with E-state index in [1.54, 1.807) is 12.1 Å². The van der Waals surface area contributed by atoms with Crippen molar-refractivity contribution < 1.29 is 13.2 Å². The Morgan fingerprint density at radius 3 is 2.59 bits per heavy atom. The molecule has 1 aromatic heterocycles. The first-order valence-electron chi connectivity index (χ1n) is 10.8. The average molecular weight is 497 g/mol. The highest BCUT2D eigenvalue weighted by Crippen LogP contribution is 2.23. The average Bonchev–Trinajstić information content (AvgIpc) is 3.22. The summed E-state index contributed by atoms with van der Waals surface area (Å²) in [5.41, 5.74) is 4.47. The smallest absolute Gasteiger partial charge is 0.261 e. The number of rotatable bonds is 8. The molecule has 3 N–H and O–H groups in total. The van der Waals surface area contributed by atoms with Crippen LogP contribution in [0.3, 0.4) is 0 Å². The van der Waals surface area contributed by atoms with Gasteiger partial charge in [0.15, 0.2) is 0 Å². The van der Waals surface area contributed by atoms with Crippen LogP contribution in [0.25, 0.3) is 11.0 Å². The monoisotopic (exact) mass is 496 g/mol. The van der Waals surface area contributed by atoms with Gasteiger partial charge in [0.1, 0.15) is 5.82 Å². The minimum absolute atomic E-state index is 0.0393. The first-order valence-corrected chi connectivity index (χ1v) is 12.7. The number of fused-ring (bicyclic) bond motifs is 1. The third kappa shape index (κ3) is 5.40. The van der Waals surface area contributed by atoms with Gasteiger partial charge < -0.3 is 10.3 Å². The van der Waals surface area contributed by atoms with Crippen LogP contribution in [0.1, 0.15) is 33.7 Å². The van der Waals surface area contributed by atoms with E-state index in [2.05, 4.69) is 20.0 Å². The van der Waals surface area contributed by atoms with Crippen molar-refractivity contribution in [3.8, 4) is 0 Å². The van der Waals surface area contributed by atoms with Crippen LogP contribution in [-0.2, 0) is 16.4 Å². The van der Waals surface area contributed by atoms with E-state index < -0.39 is 15.9 Å². The molecule has 3 aromatic carbocycles. The van der Waals surface area contributed by atoms with Gasteiger partial charge in [-0.2, -0.15) is 0 Å². The Kier molecular flexibility index (Phi) is 6.90.